The molecule has 0 spiro atoms. The minimum atomic E-state index is 0.864. The second-order valence-electron chi connectivity index (χ2n) is 12.1. The van der Waals surface area contributed by atoms with Gasteiger partial charge >= 0.3 is 0 Å². The number of rotatable bonds is 4. The molecule has 0 unspecified atom stereocenters. The molecule has 2 heterocycles. The monoisotopic (exact) mass is 601 g/mol. The van der Waals surface area contributed by atoms with Gasteiger partial charge in [-0.15, -0.1) is 0 Å². The average molecular weight is 602 g/mol. The van der Waals surface area contributed by atoms with E-state index in [1.165, 1.54) is 16.2 Å². The first-order chi connectivity index (χ1) is 23.3. The van der Waals surface area contributed by atoms with Gasteiger partial charge in [0.2, 0.25) is 0 Å². The molecule has 2 aromatic heterocycles. The smallest absolute Gasteiger partial charge is 0.159 e. The summed E-state index contributed by atoms with van der Waals surface area (Å²) in [6, 6.07) is 57.7. The zero-order valence-electron chi connectivity index (χ0n) is 25.4. The maximum atomic E-state index is 6.85. The Kier molecular flexibility index (Phi) is 5.57. The van der Waals surface area contributed by atoms with Crippen LogP contribution in [-0.4, -0.2) is 0 Å². The van der Waals surface area contributed by atoms with Crippen LogP contribution in [0.25, 0.3) is 76.5 Å². The summed E-state index contributed by atoms with van der Waals surface area (Å²) in [4.78, 5) is 2.33. The van der Waals surface area contributed by atoms with Crippen LogP contribution in [0.1, 0.15) is 0 Å². The Balaban J connectivity index is 1.20. The quantitative estimate of drug-likeness (QED) is 0.201. The fourth-order valence-electron chi connectivity index (χ4n) is 7.26. The Morgan fingerprint density at radius 3 is 1.79 bits per heavy atom. The Bertz CT molecular complexity index is 2800. The molecule has 220 valence electrons. The summed E-state index contributed by atoms with van der Waals surface area (Å²) in [7, 11) is 0. The average Bonchev–Trinajstić information content (AvgIpc) is 3.72. The summed E-state index contributed by atoms with van der Waals surface area (Å²) in [5.74, 6) is 0. The molecule has 0 fully saturated rings. The third-order valence-corrected chi connectivity index (χ3v) is 9.46. The molecular formula is C44H27NO2. The lowest BCUT2D eigenvalue weighted by atomic mass is 10.0. The maximum absolute atomic E-state index is 6.85. The molecule has 0 aliphatic carbocycles. The van der Waals surface area contributed by atoms with Crippen molar-refractivity contribution in [2.45, 2.75) is 0 Å². The van der Waals surface area contributed by atoms with Crippen molar-refractivity contribution in [1.29, 1.82) is 0 Å². The molecule has 0 N–H and O–H groups in total. The number of benzene rings is 8. The van der Waals surface area contributed by atoms with Gasteiger partial charge in [-0.05, 0) is 52.7 Å². The molecule has 10 aromatic rings. The number of nitrogens with zero attached hydrogens (tertiary/aromatic N) is 1. The van der Waals surface area contributed by atoms with Gasteiger partial charge in [-0.25, -0.2) is 0 Å². The molecule has 0 saturated carbocycles. The Morgan fingerprint density at radius 2 is 0.936 bits per heavy atom. The van der Waals surface area contributed by atoms with E-state index in [4.69, 9.17) is 8.83 Å². The van der Waals surface area contributed by atoms with E-state index in [1.54, 1.807) is 0 Å². The van der Waals surface area contributed by atoms with Gasteiger partial charge in [-0.1, -0.05) is 127 Å². The van der Waals surface area contributed by atoms with Gasteiger partial charge in [0.1, 0.15) is 16.7 Å². The molecule has 10 rings (SSSR count). The number of furan rings is 2. The molecule has 3 nitrogen and oxygen atoms in total. The molecule has 0 aliphatic heterocycles. The summed E-state index contributed by atoms with van der Waals surface area (Å²) in [6.45, 7) is 0. The van der Waals surface area contributed by atoms with E-state index >= 15 is 0 Å². The van der Waals surface area contributed by atoms with Gasteiger partial charge in [0.15, 0.2) is 5.58 Å². The van der Waals surface area contributed by atoms with Crippen LogP contribution in [0.4, 0.5) is 17.1 Å². The molecular weight excluding hydrogens is 574 g/mol. The number of hydrogen-bond donors (Lipinski definition) is 0. The summed E-state index contributed by atoms with van der Waals surface area (Å²) >= 11 is 0. The van der Waals surface area contributed by atoms with Gasteiger partial charge in [0.05, 0.1) is 11.4 Å². The molecule has 0 radical (unpaired) electrons. The number of anilines is 3. The zero-order valence-corrected chi connectivity index (χ0v) is 25.4. The molecule has 8 aromatic carbocycles. The van der Waals surface area contributed by atoms with Gasteiger partial charge in [-0.3, -0.25) is 0 Å². The van der Waals surface area contributed by atoms with Crippen LogP contribution in [-0.2, 0) is 0 Å². The molecule has 3 heteroatoms. The molecule has 47 heavy (non-hydrogen) atoms. The third-order valence-electron chi connectivity index (χ3n) is 9.46. The van der Waals surface area contributed by atoms with Crippen molar-refractivity contribution < 1.29 is 8.83 Å². The van der Waals surface area contributed by atoms with Gasteiger partial charge in [-0.2, -0.15) is 0 Å². The number of hydrogen-bond acceptors (Lipinski definition) is 3. The van der Waals surface area contributed by atoms with Crippen LogP contribution in [0.3, 0.4) is 0 Å². The van der Waals surface area contributed by atoms with Crippen molar-refractivity contribution in [2.75, 3.05) is 4.90 Å². The highest BCUT2D eigenvalue weighted by atomic mass is 16.3. The molecule has 0 aliphatic rings. The lowest BCUT2D eigenvalue weighted by molar-refractivity contribution is 0.670. The summed E-state index contributed by atoms with van der Waals surface area (Å²) < 4.78 is 13.2. The van der Waals surface area contributed by atoms with Gasteiger partial charge < -0.3 is 13.7 Å². The highest BCUT2D eigenvalue weighted by molar-refractivity contribution is 6.18. The lowest BCUT2D eigenvalue weighted by Crippen LogP contribution is -2.10. The second-order valence-corrected chi connectivity index (χ2v) is 12.1. The van der Waals surface area contributed by atoms with E-state index in [1.807, 2.05) is 12.1 Å². The summed E-state index contributed by atoms with van der Waals surface area (Å²) in [5.41, 5.74) is 8.89. The fourth-order valence-corrected chi connectivity index (χ4v) is 7.26. The third kappa shape index (κ3) is 3.93. The van der Waals surface area contributed by atoms with E-state index in [-0.39, 0.29) is 0 Å². The van der Waals surface area contributed by atoms with E-state index in [0.29, 0.717) is 0 Å². The van der Waals surface area contributed by atoms with Crippen molar-refractivity contribution in [2.24, 2.45) is 0 Å². The molecule has 0 saturated heterocycles. The highest BCUT2D eigenvalue weighted by Crippen LogP contribution is 2.46. The first-order valence-electron chi connectivity index (χ1n) is 15.9. The Morgan fingerprint density at radius 1 is 0.340 bits per heavy atom. The number of para-hydroxylation sites is 3. The van der Waals surface area contributed by atoms with Crippen LogP contribution < -0.4 is 4.90 Å². The normalized spacial score (nSPS) is 11.8. The number of fused-ring (bicyclic) bond motifs is 9. The Labute approximate surface area is 270 Å². The minimum absolute atomic E-state index is 0.864. The maximum Gasteiger partial charge on any atom is 0.159 e. The van der Waals surface area contributed by atoms with Crippen LogP contribution in [0, 0.1) is 0 Å². The van der Waals surface area contributed by atoms with Crippen LogP contribution in [0.2, 0.25) is 0 Å². The van der Waals surface area contributed by atoms with E-state index < -0.39 is 0 Å². The topological polar surface area (TPSA) is 29.5 Å². The van der Waals surface area contributed by atoms with Crippen molar-refractivity contribution in [3.05, 3.63) is 164 Å². The first-order valence-corrected chi connectivity index (χ1v) is 15.9. The highest BCUT2D eigenvalue weighted by Gasteiger charge is 2.22. The summed E-state index contributed by atoms with van der Waals surface area (Å²) in [5, 5.41) is 9.12. The van der Waals surface area contributed by atoms with Crippen LogP contribution in [0.15, 0.2) is 173 Å². The zero-order chi connectivity index (χ0) is 30.9. The largest absolute Gasteiger partial charge is 0.455 e. The second kappa shape index (κ2) is 10.1. The predicted molar refractivity (Wildman–Crippen MR) is 196 cm³/mol. The minimum Gasteiger partial charge on any atom is -0.455 e. The van der Waals surface area contributed by atoms with E-state index in [2.05, 4.69) is 157 Å². The lowest BCUT2D eigenvalue weighted by Gasteiger charge is -2.27. The summed E-state index contributed by atoms with van der Waals surface area (Å²) in [6.07, 6.45) is 0. The van der Waals surface area contributed by atoms with Crippen molar-refractivity contribution in [3.8, 4) is 11.1 Å². The van der Waals surface area contributed by atoms with Crippen molar-refractivity contribution >= 4 is 82.5 Å². The van der Waals surface area contributed by atoms with Crippen molar-refractivity contribution in [3.63, 3.8) is 0 Å². The van der Waals surface area contributed by atoms with Gasteiger partial charge in [0, 0.05) is 43.6 Å². The van der Waals surface area contributed by atoms with Crippen LogP contribution in [0.5, 0.6) is 0 Å². The fraction of sp³-hybridized carbons (Fsp3) is 0. The standard InChI is InChI=1S/C44H27NO2/c1-3-13-32-28(10-1)12-7-19-39(32)45(40-20-9-18-37-38-27-24-29-11-2-4-14-33(29)43(38)47-44(37)40)31-25-22-30(23-26-31)34-16-8-17-36-35-15-5-6-21-41(35)46-42(34)36/h1-27H. The van der Waals surface area contributed by atoms with Crippen LogP contribution >= 0.6 is 0 Å². The Hall–Kier alpha value is -6.32. The molecule has 0 amide bonds. The SMILES string of the molecule is c1ccc2c(N(c3ccc(-c4cccc5c4oc4ccccc45)cc3)c3cccc4c3oc3c5ccccc5ccc43)cccc2c1. The predicted octanol–water partition coefficient (Wildman–Crippen LogP) is 12.9. The van der Waals surface area contributed by atoms with E-state index in [0.717, 1.165) is 77.5 Å². The van der Waals surface area contributed by atoms with Crippen molar-refractivity contribution in [1.82, 2.24) is 0 Å². The molecule has 0 atom stereocenters. The molecule has 0 bridgehead atoms. The first kappa shape index (κ1) is 26.0. The van der Waals surface area contributed by atoms with E-state index in [9.17, 15) is 0 Å². The van der Waals surface area contributed by atoms with Gasteiger partial charge in [0.25, 0.3) is 0 Å².